The number of benzene rings is 1. The molecule has 1 rings (SSSR count). The van der Waals surface area contributed by atoms with Crippen molar-refractivity contribution in [2.24, 2.45) is 0 Å². The molecule has 0 aliphatic rings. The van der Waals surface area contributed by atoms with Crippen LogP contribution in [-0.4, -0.2) is 17.7 Å². The lowest BCUT2D eigenvalue weighted by Gasteiger charge is -2.05. The standard InChI is InChI=1S/C14H20N2O2/c1-3-11(2)10-16-14(18)15-9-8-12-4-6-13(17)7-5-12/h4-7,10,17H,3,8-9H2,1-2H3,(H2,15,16,18)/b11-10+. The highest BCUT2D eigenvalue weighted by Crippen LogP contribution is 2.09. The fraction of sp³-hybridized carbons (Fsp3) is 0.357. The second-order valence-electron chi connectivity index (χ2n) is 4.16. The number of carbonyl (C=O) groups excluding carboxylic acids is 1. The molecule has 4 heteroatoms. The van der Waals surface area contributed by atoms with Crippen molar-refractivity contribution in [3.8, 4) is 5.75 Å². The number of nitrogens with one attached hydrogen (secondary N) is 2. The summed E-state index contributed by atoms with van der Waals surface area (Å²) in [5, 5.41) is 14.6. The first-order chi connectivity index (χ1) is 8.61. The van der Waals surface area contributed by atoms with Gasteiger partial charge in [-0.1, -0.05) is 24.6 Å². The average Bonchev–Trinajstić information content (AvgIpc) is 2.38. The van der Waals surface area contributed by atoms with E-state index < -0.39 is 0 Å². The van der Waals surface area contributed by atoms with Gasteiger partial charge in [0, 0.05) is 12.7 Å². The van der Waals surface area contributed by atoms with Gasteiger partial charge in [0.2, 0.25) is 0 Å². The molecule has 0 radical (unpaired) electrons. The van der Waals surface area contributed by atoms with Gasteiger partial charge in [-0.3, -0.25) is 0 Å². The minimum atomic E-state index is -0.193. The van der Waals surface area contributed by atoms with Crippen molar-refractivity contribution in [1.29, 1.82) is 0 Å². The maximum absolute atomic E-state index is 11.4. The fourth-order valence-corrected chi connectivity index (χ4v) is 1.32. The number of rotatable bonds is 5. The molecule has 18 heavy (non-hydrogen) atoms. The second-order valence-corrected chi connectivity index (χ2v) is 4.16. The smallest absolute Gasteiger partial charge is 0.318 e. The van der Waals surface area contributed by atoms with Crippen LogP contribution in [0.2, 0.25) is 0 Å². The van der Waals surface area contributed by atoms with E-state index in [1.165, 1.54) is 0 Å². The van der Waals surface area contributed by atoms with Gasteiger partial charge in [-0.05, 0) is 37.5 Å². The second kappa shape index (κ2) is 7.37. The number of hydrogen-bond donors (Lipinski definition) is 3. The van der Waals surface area contributed by atoms with Crippen LogP contribution in [0.5, 0.6) is 5.75 Å². The Kier molecular flexibility index (Phi) is 5.77. The van der Waals surface area contributed by atoms with Crippen LogP contribution in [-0.2, 0) is 6.42 Å². The van der Waals surface area contributed by atoms with Crippen molar-refractivity contribution in [3.05, 3.63) is 41.6 Å². The van der Waals surface area contributed by atoms with Gasteiger partial charge in [0.05, 0.1) is 0 Å². The van der Waals surface area contributed by atoms with Crippen LogP contribution in [0, 0.1) is 0 Å². The summed E-state index contributed by atoms with van der Waals surface area (Å²) in [5.74, 6) is 0.254. The zero-order valence-corrected chi connectivity index (χ0v) is 10.9. The predicted molar refractivity (Wildman–Crippen MR) is 72.4 cm³/mol. The molecule has 2 amide bonds. The van der Waals surface area contributed by atoms with Gasteiger partial charge in [-0.2, -0.15) is 0 Å². The van der Waals surface area contributed by atoms with E-state index in [1.54, 1.807) is 18.3 Å². The zero-order chi connectivity index (χ0) is 13.4. The van der Waals surface area contributed by atoms with Crippen LogP contribution >= 0.6 is 0 Å². The Morgan fingerprint density at radius 1 is 1.33 bits per heavy atom. The number of phenolic OH excluding ortho intramolecular Hbond substituents is 1. The molecule has 0 saturated carbocycles. The molecule has 0 heterocycles. The van der Waals surface area contributed by atoms with Crippen LogP contribution in [0.15, 0.2) is 36.0 Å². The Bertz CT molecular complexity index is 410. The lowest BCUT2D eigenvalue weighted by Crippen LogP contribution is -2.33. The normalized spacial score (nSPS) is 11.1. The number of hydrogen-bond acceptors (Lipinski definition) is 2. The minimum Gasteiger partial charge on any atom is -0.508 e. The molecule has 0 saturated heterocycles. The van der Waals surface area contributed by atoms with Crippen molar-refractivity contribution in [3.63, 3.8) is 0 Å². The highest BCUT2D eigenvalue weighted by atomic mass is 16.3. The monoisotopic (exact) mass is 248 g/mol. The van der Waals surface area contributed by atoms with Crippen LogP contribution in [0.3, 0.4) is 0 Å². The summed E-state index contributed by atoms with van der Waals surface area (Å²) in [6, 6.07) is 6.78. The van der Waals surface area contributed by atoms with Crippen molar-refractivity contribution >= 4 is 6.03 Å². The lowest BCUT2D eigenvalue weighted by molar-refractivity contribution is 0.244. The molecule has 3 N–H and O–H groups in total. The van der Waals surface area contributed by atoms with E-state index in [1.807, 2.05) is 26.0 Å². The number of urea groups is 1. The fourth-order valence-electron chi connectivity index (χ4n) is 1.32. The number of phenols is 1. The summed E-state index contributed by atoms with van der Waals surface area (Å²) in [6.07, 6.45) is 3.38. The number of carbonyl (C=O) groups is 1. The number of amides is 2. The first-order valence-electron chi connectivity index (χ1n) is 6.09. The van der Waals surface area contributed by atoms with Crippen molar-refractivity contribution in [2.45, 2.75) is 26.7 Å². The van der Waals surface area contributed by atoms with Gasteiger partial charge in [0.25, 0.3) is 0 Å². The van der Waals surface area contributed by atoms with E-state index >= 15 is 0 Å². The highest BCUT2D eigenvalue weighted by Gasteiger charge is 1.98. The van der Waals surface area contributed by atoms with Gasteiger partial charge >= 0.3 is 6.03 Å². The van der Waals surface area contributed by atoms with Crippen molar-refractivity contribution in [2.75, 3.05) is 6.54 Å². The Balaban J connectivity index is 2.25. The summed E-state index contributed by atoms with van der Waals surface area (Å²) in [6.45, 7) is 4.57. The van der Waals surface area contributed by atoms with Crippen LogP contribution in [0.4, 0.5) is 4.79 Å². The molecule has 0 fully saturated rings. The summed E-state index contributed by atoms with van der Waals surface area (Å²) < 4.78 is 0. The van der Waals surface area contributed by atoms with E-state index in [2.05, 4.69) is 10.6 Å². The predicted octanol–water partition coefficient (Wildman–Crippen LogP) is 2.55. The molecule has 0 spiro atoms. The van der Waals surface area contributed by atoms with Crippen LogP contribution < -0.4 is 10.6 Å². The van der Waals surface area contributed by atoms with Crippen LogP contribution in [0.25, 0.3) is 0 Å². The maximum atomic E-state index is 11.4. The van der Waals surface area contributed by atoms with Gasteiger partial charge in [-0.15, -0.1) is 0 Å². The topological polar surface area (TPSA) is 61.4 Å². The molecule has 0 unspecified atom stereocenters. The SMILES string of the molecule is CC/C(C)=C/NC(=O)NCCc1ccc(O)cc1. The molecule has 1 aromatic rings. The van der Waals surface area contributed by atoms with E-state index in [0.717, 1.165) is 24.0 Å². The minimum absolute atomic E-state index is 0.193. The van der Waals surface area contributed by atoms with E-state index in [9.17, 15) is 4.79 Å². The molecule has 0 bridgehead atoms. The third kappa shape index (κ3) is 5.39. The molecule has 0 aromatic heterocycles. The summed E-state index contributed by atoms with van der Waals surface area (Å²) in [5.41, 5.74) is 2.21. The Morgan fingerprint density at radius 3 is 2.61 bits per heavy atom. The largest absolute Gasteiger partial charge is 0.508 e. The van der Waals surface area contributed by atoms with Gasteiger partial charge < -0.3 is 15.7 Å². The number of aromatic hydroxyl groups is 1. The summed E-state index contributed by atoms with van der Waals surface area (Å²) in [4.78, 5) is 11.4. The Hall–Kier alpha value is -1.97. The summed E-state index contributed by atoms with van der Waals surface area (Å²) >= 11 is 0. The quantitative estimate of drug-likeness (QED) is 0.750. The van der Waals surface area contributed by atoms with Gasteiger partial charge in [0.15, 0.2) is 0 Å². The first-order valence-corrected chi connectivity index (χ1v) is 6.09. The Morgan fingerprint density at radius 2 is 2.00 bits per heavy atom. The lowest BCUT2D eigenvalue weighted by atomic mass is 10.1. The van der Waals surface area contributed by atoms with E-state index in [0.29, 0.717) is 6.54 Å². The third-order valence-corrected chi connectivity index (χ3v) is 2.64. The zero-order valence-electron chi connectivity index (χ0n) is 10.9. The summed E-state index contributed by atoms with van der Waals surface area (Å²) in [7, 11) is 0. The molecular weight excluding hydrogens is 228 g/mol. The highest BCUT2D eigenvalue weighted by molar-refractivity contribution is 5.74. The molecule has 0 atom stereocenters. The van der Waals surface area contributed by atoms with Crippen molar-refractivity contribution in [1.82, 2.24) is 10.6 Å². The molecule has 0 aliphatic carbocycles. The molecule has 4 nitrogen and oxygen atoms in total. The molecule has 0 aliphatic heterocycles. The molecule has 98 valence electrons. The molecular formula is C14H20N2O2. The van der Waals surface area contributed by atoms with Gasteiger partial charge in [0.1, 0.15) is 5.75 Å². The van der Waals surface area contributed by atoms with Crippen LogP contribution in [0.1, 0.15) is 25.8 Å². The van der Waals surface area contributed by atoms with Crippen molar-refractivity contribution < 1.29 is 9.90 Å². The molecule has 1 aromatic carbocycles. The number of allylic oxidation sites excluding steroid dienone is 1. The first kappa shape index (κ1) is 14.1. The van der Waals surface area contributed by atoms with E-state index in [-0.39, 0.29) is 11.8 Å². The maximum Gasteiger partial charge on any atom is 0.318 e. The average molecular weight is 248 g/mol. The Labute approximate surface area is 108 Å². The van der Waals surface area contributed by atoms with Gasteiger partial charge in [-0.25, -0.2) is 4.79 Å². The van der Waals surface area contributed by atoms with E-state index in [4.69, 9.17) is 5.11 Å². The third-order valence-electron chi connectivity index (χ3n) is 2.64.